The Labute approximate surface area is 176 Å². The van der Waals surface area contributed by atoms with Gasteiger partial charge in [-0.2, -0.15) is 0 Å². The van der Waals surface area contributed by atoms with E-state index >= 15 is 0 Å². The molecule has 0 radical (unpaired) electrons. The molecule has 0 saturated carbocycles. The van der Waals surface area contributed by atoms with Gasteiger partial charge in [0.15, 0.2) is 4.34 Å². The van der Waals surface area contributed by atoms with Crippen LogP contribution >= 0.6 is 23.1 Å². The van der Waals surface area contributed by atoms with Crippen LogP contribution in [0.5, 0.6) is 0 Å². The number of hydrogen-bond donors (Lipinski definition) is 1. The monoisotopic (exact) mass is 425 g/mol. The average Bonchev–Trinajstić information content (AvgIpc) is 3.34. The lowest BCUT2D eigenvalue weighted by atomic mass is 10.1. The number of anilines is 2. The summed E-state index contributed by atoms with van der Waals surface area (Å²) in [5, 5.41) is 11.4. The van der Waals surface area contributed by atoms with Crippen molar-refractivity contribution in [3.05, 3.63) is 59.9 Å². The second kappa shape index (κ2) is 8.71. The molecule has 0 unspecified atom stereocenters. The number of amides is 2. The lowest BCUT2D eigenvalue weighted by molar-refractivity contribution is -0.122. The summed E-state index contributed by atoms with van der Waals surface area (Å²) in [6.45, 7) is 2.37. The van der Waals surface area contributed by atoms with E-state index in [0.717, 1.165) is 26.9 Å². The fraction of sp³-hybridized carbons (Fsp3) is 0.250. The van der Waals surface area contributed by atoms with Gasteiger partial charge in [-0.05, 0) is 30.7 Å². The van der Waals surface area contributed by atoms with E-state index in [-0.39, 0.29) is 18.2 Å². The van der Waals surface area contributed by atoms with Gasteiger partial charge in [-0.3, -0.25) is 14.6 Å². The molecule has 148 valence electrons. The van der Waals surface area contributed by atoms with Crippen molar-refractivity contribution in [2.24, 2.45) is 5.92 Å². The van der Waals surface area contributed by atoms with Crippen LogP contribution in [0.1, 0.15) is 17.5 Å². The Balaban J connectivity index is 1.33. The van der Waals surface area contributed by atoms with Crippen LogP contribution < -0.4 is 10.2 Å². The van der Waals surface area contributed by atoms with Gasteiger partial charge in [0, 0.05) is 36.8 Å². The van der Waals surface area contributed by atoms with Crippen molar-refractivity contribution in [1.29, 1.82) is 0 Å². The molecule has 29 heavy (non-hydrogen) atoms. The molecule has 7 nitrogen and oxygen atoms in total. The topological polar surface area (TPSA) is 88.1 Å². The second-order valence-electron chi connectivity index (χ2n) is 6.75. The number of nitrogens with zero attached hydrogens (tertiary/aromatic N) is 4. The Morgan fingerprint density at radius 3 is 2.86 bits per heavy atom. The fourth-order valence-corrected chi connectivity index (χ4v) is 4.70. The number of aryl methyl sites for hydroxylation is 1. The van der Waals surface area contributed by atoms with Crippen LogP contribution in [0.15, 0.2) is 53.1 Å². The van der Waals surface area contributed by atoms with E-state index in [4.69, 9.17) is 0 Å². The molecule has 0 bridgehead atoms. The third kappa shape index (κ3) is 4.80. The molecule has 4 rings (SSSR count). The van der Waals surface area contributed by atoms with Gasteiger partial charge >= 0.3 is 0 Å². The van der Waals surface area contributed by atoms with Crippen LogP contribution in [0.2, 0.25) is 0 Å². The van der Waals surface area contributed by atoms with E-state index < -0.39 is 5.92 Å². The molecule has 0 spiro atoms. The molecule has 0 aliphatic carbocycles. The van der Waals surface area contributed by atoms with E-state index in [9.17, 15) is 9.59 Å². The summed E-state index contributed by atoms with van der Waals surface area (Å²) in [4.78, 5) is 30.7. The molecule has 2 aromatic heterocycles. The lowest BCUT2D eigenvalue weighted by Gasteiger charge is -2.16. The molecule has 2 amide bonds. The number of rotatable bonds is 6. The minimum absolute atomic E-state index is 0.0426. The van der Waals surface area contributed by atoms with Crippen molar-refractivity contribution in [2.45, 2.75) is 23.4 Å². The molecule has 1 aliphatic rings. The van der Waals surface area contributed by atoms with Crippen molar-refractivity contribution in [3.8, 4) is 0 Å². The first-order chi connectivity index (χ1) is 14.1. The largest absolute Gasteiger partial charge is 0.312 e. The summed E-state index contributed by atoms with van der Waals surface area (Å²) in [5.74, 6) is 0.0880. The normalized spacial score (nSPS) is 16.2. The number of hydrogen-bond acceptors (Lipinski definition) is 7. The smallest absolute Gasteiger partial charge is 0.231 e. The summed E-state index contributed by atoms with van der Waals surface area (Å²) < 4.78 is 0.771. The predicted molar refractivity (Wildman–Crippen MR) is 114 cm³/mol. The second-order valence-corrected chi connectivity index (χ2v) is 8.95. The van der Waals surface area contributed by atoms with Crippen LogP contribution in [0.3, 0.4) is 0 Å². The minimum atomic E-state index is -0.404. The van der Waals surface area contributed by atoms with Gasteiger partial charge in [0.05, 0.1) is 5.92 Å². The Morgan fingerprint density at radius 2 is 2.10 bits per heavy atom. The van der Waals surface area contributed by atoms with E-state index in [1.165, 1.54) is 11.3 Å². The molecule has 1 aromatic carbocycles. The Bertz CT molecular complexity index is 1010. The van der Waals surface area contributed by atoms with E-state index in [2.05, 4.69) is 20.5 Å². The third-order valence-corrected chi connectivity index (χ3v) is 6.61. The van der Waals surface area contributed by atoms with E-state index in [0.29, 0.717) is 11.7 Å². The number of benzene rings is 1. The SMILES string of the molecule is Cc1ccc(N2C[C@H](C(=O)Nc3nnc(SCc4cccnc4)s3)CC2=O)cc1. The van der Waals surface area contributed by atoms with Gasteiger partial charge in [0.25, 0.3) is 0 Å². The molecule has 1 saturated heterocycles. The summed E-state index contributed by atoms with van der Waals surface area (Å²) in [6, 6.07) is 11.6. The quantitative estimate of drug-likeness (QED) is 0.480. The minimum Gasteiger partial charge on any atom is -0.312 e. The average molecular weight is 426 g/mol. The molecular weight excluding hydrogens is 406 g/mol. The molecule has 9 heteroatoms. The zero-order chi connectivity index (χ0) is 20.2. The molecule has 1 atom stereocenters. The van der Waals surface area contributed by atoms with Gasteiger partial charge in [-0.1, -0.05) is 46.9 Å². The number of pyridine rings is 1. The van der Waals surface area contributed by atoms with Gasteiger partial charge in [-0.25, -0.2) is 0 Å². The Hall–Kier alpha value is -2.78. The molecule has 1 N–H and O–H groups in total. The third-order valence-electron chi connectivity index (χ3n) is 4.56. The van der Waals surface area contributed by atoms with Crippen LogP contribution in [-0.4, -0.2) is 33.5 Å². The zero-order valence-electron chi connectivity index (χ0n) is 15.7. The van der Waals surface area contributed by atoms with Gasteiger partial charge < -0.3 is 10.2 Å². The van der Waals surface area contributed by atoms with E-state index in [1.54, 1.807) is 22.9 Å². The molecular formula is C20H19N5O2S2. The Kier molecular flexibility index (Phi) is 5.86. The van der Waals surface area contributed by atoms with Crippen LogP contribution in [0.25, 0.3) is 0 Å². The van der Waals surface area contributed by atoms with E-state index in [1.807, 2.05) is 49.5 Å². The van der Waals surface area contributed by atoms with Crippen molar-refractivity contribution in [3.63, 3.8) is 0 Å². The maximum absolute atomic E-state index is 12.6. The highest BCUT2D eigenvalue weighted by atomic mass is 32.2. The van der Waals surface area contributed by atoms with Crippen molar-refractivity contribution in [2.75, 3.05) is 16.8 Å². The summed E-state index contributed by atoms with van der Waals surface area (Å²) in [6.07, 6.45) is 3.75. The fourth-order valence-electron chi connectivity index (χ4n) is 3.01. The summed E-state index contributed by atoms with van der Waals surface area (Å²) in [7, 11) is 0. The highest BCUT2D eigenvalue weighted by Gasteiger charge is 2.35. The number of nitrogens with one attached hydrogen (secondary N) is 1. The standard InChI is InChI=1S/C20H19N5O2S2/c1-13-4-6-16(7-5-13)25-11-15(9-17(25)26)18(27)22-19-23-24-20(29-19)28-12-14-3-2-8-21-10-14/h2-8,10,15H,9,11-12H2,1H3,(H,22,23,27)/t15-/m1/s1. The molecule has 3 heterocycles. The van der Waals surface area contributed by atoms with Crippen LogP contribution in [-0.2, 0) is 15.3 Å². The van der Waals surface area contributed by atoms with Crippen LogP contribution in [0.4, 0.5) is 10.8 Å². The van der Waals surface area contributed by atoms with Crippen molar-refractivity contribution < 1.29 is 9.59 Å². The Morgan fingerprint density at radius 1 is 1.28 bits per heavy atom. The highest BCUT2D eigenvalue weighted by Crippen LogP contribution is 2.30. The molecule has 3 aromatic rings. The highest BCUT2D eigenvalue weighted by molar-refractivity contribution is 8.00. The lowest BCUT2D eigenvalue weighted by Crippen LogP contribution is -2.28. The molecule has 1 aliphatic heterocycles. The first-order valence-corrected chi connectivity index (χ1v) is 10.9. The molecule has 1 fully saturated rings. The number of thioether (sulfide) groups is 1. The van der Waals surface area contributed by atoms with Gasteiger partial charge in [0.1, 0.15) is 0 Å². The number of carbonyl (C=O) groups excluding carboxylic acids is 2. The van der Waals surface area contributed by atoms with Gasteiger partial charge in [0.2, 0.25) is 16.9 Å². The first kappa shape index (κ1) is 19.5. The predicted octanol–water partition coefficient (Wildman–Crippen LogP) is 3.53. The summed E-state index contributed by atoms with van der Waals surface area (Å²) in [5.41, 5.74) is 3.04. The maximum atomic E-state index is 12.6. The van der Waals surface area contributed by atoms with Crippen LogP contribution in [0, 0.1) is 12.8 Å². The number of aromatic nitrogens is 3. The number of carbonyl (C=O) groups is 2. The van der Waals surface area contributed by atoms with Crippen molar-refractivity contribution in [1.82, 2.24) is 15.2 Å². The van der Waals surface area contributed by atoms with Gasteiger partial charge in [-0.15, -0.1) is 10.2 Å². The maximum Gasteiger partial charge on any atom is 0.231 e. The summed E-state index contributed by atoms with van der Waals surface area (Å²) >= 11 is 2.87. The zero-order valence-corrected chi connectivity index (χ0v) is 17.4. The van der Waals surface area contributed by atoms with Crippen molar-refractivity contribution >= 4 is 45.7 Å². The first-order valence-electron chi connectivity index (χ1n) is 9.11.